The smallest absolute Gasteiger partial charge is 0.254 e. The molecule has 1 atom stereocenters. The molecule has 0 unspecified atom stereocenters. The Morgan fingerprint density at radius 2 is 1.89 bits per heavy atom. The lowest BCUT2D eigenvalue weighted by molar-refractivity contribution is -0.142. The molecule has 6 heteroatoms. The second-order valence-electron chi connectivity index (χ2n) is 7.68. The van der Waals surface area contributed by atoms with Gasteiger partial charge in [-0.3, -0.25) is 19.7 Å². The van der Waals surface area contributed by atoms with Crippen molar-refractivity contribution in [2.75, 3.05) is 13.6 Å². The van der Waals surface area contributed by atoms with Gasteiger partial charge in [0.2, 0.25) is 11.8 Å². The van der Waals surface area contributed by atoms with Gasteiger partial charge in [-0.05, 0) is 57.6 Å². The Kier molecular flexibility index (Phi) is 5.95. The molecule has 2 heterocycles. The van der Waals surface area contributed by atoms with Gasteiger partial charge >= 0.3 is 0 Å². The van der Waals surface area contributed by atoms with Crippen molar-refractivity contribution in [3.63, 3.8) is 0 Å². The average molecular weight is 371 g/mol. The van der Waals surface area contributed by atoms with Crippen molar-refractivity contribution >= 4 is 17.7 Å². The van der Waals surface area contributed by atoms with Crippen LogP contribution in [0.2, 0.25) is 0 Å². The maximum absolute atomic E-state index is 12.8. The Morgan fingerprint density at radius 3 is 2.48 bits per heavy atom. The van der Waals surface area contributed by atoms with E-state index in [4.69, 9.17) is 0 Å². The van der Waals surface area contributed by atoms with Gasteiger partial charge in [0, 0.05) is 24.6 Å². The first-order chi connectivity index (χ1) is 12.9. The molecule has 0 spiro atoms. The fourth-order valence-corrected chi connectivity index (χ4v) is 4.39. The van der Waals surface area contributed by atoms with Crippen molar-refractivity contribution in [3.05, 3.63) is 35.5 Å². The highest BCUT2D eigenvalue weighted by molar-refractivity contribution is 6.06. The fourth-order valence-electron chi connectivity index (χ4n) is 4.39. The summed E-state index contributed by atoms with van der Waals surface area (Å²) in [6.45, 7) is 6.51. The molecule has 146 valence electrons. The number of hydrogen-bond donors (Lipinski definition) is 2. The van der Waals surface area contributed by atoms with E-state index in [0.29, 0.717) is 30.5 Å². The third-order valence-electron chi connectivity index (χ3n) is 6.07. The summed E-state index contributed by atoms with van der Waals surface area (Å²) in [6.07, 6.45) is 8.99. The van der Waals surface area contributed by atoms with E-state index in [1.807, 2.05) is 26.1 Å². The molecule has 1 aliphatic carbocycles. The van der Waals surface area contributed by atoms with Gasteiger partial charge in [0.1, 0.15) is 6.04 Å². The molecule has 3 rings (SSSR count). The maximum Gasteiger partial charge on any atom is 0.254 e. The Hall–Kier alpha value is -2.21. The van der Waals surface area contributed by atoms with Crippen LogP contribution in [0.25, 0.3) is 0 Å². The molecule has 2 saturated heterocycles. The third-order valence-corrected chi connectivity index (χ3v) is 6.07. The number of nitrogens with one attached hydrogen (secondary N) is 2. The Bertz CT molecular complexity index is 714. The maximum atomic E-state index is 12.8. The predicted octanol–water partition coefficient (Wildman–Crippen LogP) is 1.84. The van der Waals surface area contributed by atoms with Gasteiger partial charge < -0.3 is 10.2 Å². The molecule has 3 aliphatic rings. The van der Waals surface area contributed by atoms with Gasteiger partial charge in [-0.2, -0.15) is 0 Å². The number of nitrogens with zero attached hydrogens (tertiary/aromatic N) is 1. The Morgan fingerprint density at radius 1 is 1.19 bits per heavy atom. The van der Waals surface area contributed by atoms with Crippen LogP contribution >= 0.6 is 0 Å². The summed E-state index contributed by atoms with van der Waals surface area (Å²) in [5, 5.41) is 5.68. The molecular formula is C21H29N3O3. The molecule has 6 nitrogen and oxygen atoms in total. The van der Waals surface area contributed by atoms with E-state index in [2.05, 4.69) is 17.2 Å². The zero-order chi connectivity index (χ0) is 19.6. The molecular weight excluding hydrogens is 342 g/mol. The molecule has 2 aliphatic heterocycles. The molecule has 0 radical (unpaired) electrons. The van der Waals surface area contributed by atoms with Crippen molar-refractivity contribution < 1.29 is 14.4 Å². The zero-order valence-corrected chi connectivity index (χ0v) is 16.2. The molecule has 3 fully saturated rings. The lowest BCUT2D eigenvalue weighted by atomic mass is 9.81. The summed E-state index contributed by atoms with van der Waals surface area (Å²) in [6, 6.07) is 0.0132. The topological polar surface area (TPSA) is 78.5 Å². The average Bonchev–Trinajstić information content (AvgIpc) is 2.96. The monoisotopic (exact) mass is 371 g/mol. The largest absolute Gasteiger partial charge is 0.322 e. The van der Waals surface area contributed by atoms with Crippen LogP contribution in [0.5, 0.6) is 0 Å². The first-order valence-electron chi connectivity index (χ1n) is 9.82. The number of imide groups is 1. The van der Waals surface area contributed by atoms with Crippen molar-refractivity contribution in [2.24, 2.45) is 5.92 Å². The zero-order valence-electron chi connectivity index (χ0n) is 16.2. The summed E-state index contributed by atoms with van der Waals surface area (Å²) >= 11 is 0. The molecule has 3 amide bonds. The molecule has 27 heavy (non-hydrogen) atoms. The molecule has 0 bridgehead atoms. The molecule has 0 aromatic rings. The van der Waals surface area contributed by atoms with E-state index in [1.165, 1.54) is 0 Å². The summed E-state index contributed by atoms with van der Waals surface area (Å²) in [4.78, 5) is 38.0. The van der Waals surface area contributed by atoms with Crippen molar-refractivity contribution in [1.29, 1.82) is 0 Å². The van der Waals surface area contributed by atoms with Crippen LogP contribution in [0.3, 0.4) is 0 Å². The molecule has 0 aromatic heterocycles. The van der Waals surface area contributed by atoms with Gasteiger partial charge in [-0.25, -0.2) is 0 Å². The number of allylic oxidation sites excluding steroid dienone is 3. The Labute approximate surface area is 160 Å². The number of hydrogen-bond acceptors (Lipinski definition) is 4. The van der Waals surface area contributed by atoms with Gasteiger partial charge in [0.25, 0.3) is 5.91 Å². The summed E-state index contributed by atoms with van der Waals surface area (Å²) in [7, 11) is 2.01. The number of amides is 3. The van der Waals surface area contributed by atoms with E-state index < -0.39 is 6.04 Å². The van der Waals surface area contributed by atoms with Crippen molar-refractivity contribution in [2.45, 2.75) is 57.5 Å². The second-order valence-corrected chi connectivity index (χ2v) is 7.68. The first kappa shape index (κ1) is 19.5. The highest BCUT2D eigenvalue weighted by Crippen LogP contribution is 2.33. The number of carbonyl (C=O) groups is 3. The van der Waals surface area contributed by atoms with Gasteiger partial charge in [0.15, 0.2) is 0 Å². The minimum absolute atomic E-state index is 0.134. The fraction of sp³-hybridized carbons (Fsp3) is 0.571. The van der Waals surface area contributed by atoms with E-state index in [-0.39, 0.29) is 24.1 Å². The SMILES string of the molecule is C=C(/C=C1/CN([C@H]2CCC(=O)NC2=O)C(=O)/C1=C/C)[C@H]1CC[C@H](NC)CC1. The van der Waals surface area contributed by atoms with Crippen LogP contribution in [0.15, 0.2) is 35.5 Å². The number of likely N-dealkylation sites (tertiary alicyclic amines) is 1. The van der Waals surface area contributed by atoms with Crippen LogP contribution in [0, 0.1) is 5.92 Å². The summed E-state index contributed by atoms with van der Waals surface area (Å²) in [5.74, 6) is -0.333. The van der Waals surface area contributed by atoms with E-state index in [1.54, 1.807) is 4.90 Å². The van der Waals surface area contributed by atoms with Crippen LogP contribution < -0.4 is 10.6 Å². The molecule has 2 N–H and O–H groups in total. The normalized spacial score (nSPS) is 32.3. The summed E-state index contributed by atoms with van der Waals surface area (Å²) in [5.41, 5.74) is 2.63. The van der Waals surface area contributed by atoms with E-state index in [0.717, 1.165) is 36.8 Å². The van der Waals surface area contributed by atoms with Crippen LogP contribution in [-0.2, 0) is 14.4 Å². The van der Waals surface area contributed by atoms with Gasteiger partial charge in [0.05, 0.1) is 0 Å². The highest BCUT2D eigenvalue weighted by Gasteiger charge is 2.40. The number of carbonyl (C=O) groups excluding carboxylic acids is 3. The first-order valence-corrected chi connectivity index (χ1v) is 9.82. The standard InChI is InChI=1S/C21H29N3O3/c1-4-17-15(11-13(2)14-5-7-16(22-3)8-6-14)12-24(21(17)27)18-9-10-19(25)23-20(18)26/h4,11,14,16,18,22H,2,5-10,12H2,1,3H3,(H,23,25,26)/b15-11-,17-4+/t14-,16-,18-/m0/s1. The number of rotatable bonds is 4. The van der Waals surface area contributed by atoms with E-state index in [9.17, 15) is 14.4 Å². The van der Waals surface area contributed by atoms with Crippen LogP contribution in [0.4, 0.5) is 0 Å². The predicted molar refractivity (Wildman–Crippen MR) is 104 cm³/mol. The van der Waals surface area contributed by atoms with Crippen LogP contribution in [0.1, 0.15) is 45.4 Å². The minimum atomic E-state index is -0.574. The van der Waals surface area contributed by atoms with Crippen molar-refractivity contribution in [1.82, 2.24) is 15.5 Å². The quantitative estimate of drug-likeness (QED) is 0.584. The van der Waals surface area contributed by atoms with E-state index >= 15 is 0 Å². The van der Waals surface area contributed by atoms with Gasteiger partial charge in [-0.15, -0.1) is 0 Å². The minimum Gasteiger partial charge on any atom is -0.322 e. The highest BCUT2D eigenvalue weighted by atomic mass is 16.2. The molecule has 0 aromatic carbocycles. The van der Waals surface area contributed by atoms with Gasteiger partial charge in [-0.1, -0.05) is 24.3 Å². The lowest BCUT2D eigenvalue weighted by Crippen LogP contribution is -2.52. The Balaban J connectivity index is 1.73. The third kappa shape index (κ3) is 4.05. The molecule has 1 saturated carbocycles. The summed E-state index contributed by atoms with van der Waals surface area (Å²) < 4.78 is 0. The lowest BCUT2D eigenvalue weighted by Gasteiger charge is -2.29. The van der Waals surface area contributed by atoms with Crippen LogP contribution in [-0.4, -0.2) is 48.3 Å². The second kappa shape index (κ2) is 8.21. The number of piperidine rings is 1. The van der Waals surface area contributed by atoms with Crippen molar-refractivity contribution in [3.8, 4) is 0 Å².